The van der Waals surface area contributed by atoms with Crippen LogP contribution in [0.3, 0.4) is 0 Å². The summed E-state index contributed by atoms with van der Waals surface area (Å²) in [5.74, 6) is -8.23. The second-order valence-corrected chi connectivity index (χ2v) is 9.36. The molecule has 1 atom stereocenters. The molecule has 13 heteroatoms. The Hall–Kier alpha value is -3.51. The zero-order valence-corrected chi connectivity index (χ0v) is 20.2. The van der Waals surface area contributed by atoms with E-state index < -0.39 is 65.2 Å². The first-order valence-electron chi connectivity index (χ1n) is 11.2. The molecule has 0 spiro atoms. The fourth-order valence-corrected chi connectivity index (χ4v) is 3.64. The van der Waals surface area contributed by atoms with E-state index in [1.807, 2.05) is 0 Å². The lowest BCUT2D eigenvalue weighted by molar-refractivity contribution is -0.289. The molecule has 2 amide bonds. The van der Waals surface area contributed by atoms with Gasteiger partial charge in [-0.1, -0.05) is 0 Å². The molecule has 7 nitrogen and oxygen atoms in total. The molecule has 202 valence electrons. The molecule has 0 bridgehead atoms. The van der Waals surface area contributed by atoms with Crippen molar-refractivity contribution in [1.29, 1.82) is 0 Å². The van der Waals surface area contributed by atoms with Crippen LogP contribution in [0.1, 0.15) is 49.5 Å². The third-order valence-electron chi connectivity index (χ3n) is 5.37. The van der Waals surface area contributed by atoms with E-state index in [2.05, 4.69) is 10.3 Å². The molecule has 1 fully saturated rings. The molecule has 1 aromatic carbocycles. The molecule has 0 saturated carbocycles. The minimum Gasteiger partial charge on any atom is -0.491 e. The summed E-state index contributed by atoms with van der Waals surface area (Å²) in [4.78, 5) is 29.5. The zero-order valence-electron chi connectivity index (χ0n) is 20.2. The van der Waals surface area contributed by atoms with Gasteiger partial charge in [0.25, 0.3) is 5.91 Å². The van der Waals surface area contributed by atoms with Crippen LogP contribution in [0, 0.1) is 5.95 Å². The summed E-state index contributed by atoms with van der Waals surface area (Å²) in [5, 5.41) is 2.23. The Balaban J connectivity index is 1.87. The van der Waals surface area contributed by atoms with Gasteiger partial charge in [-0.15, -0.1) is 0 Å². The second-order valence-electron chi connectivity index (χ2n) is 9.36. The number of alkyl halides is 5. The van der Waals surface area contributed by atoms with Crippen LogP contribution in [0.4, 0.5) is 36.8 Å². The number of amides is 2. The van der Waals surface area contributed by atoms with Gasteiger partial charge in [0.15, 0.2) is 0 Å². The van der Waals surface area contributed by atoms with Crippen LogP contribution >= 0.6 is 0 Å². The summed E-state index contributed by atoms with van der Waals surface area (Å²) in [6.07, 6.45) is -4.54. The number of benzene rings is 1. The lowest BCUT2D eigenvalue weighted by Crippen LogP contribution is -2.42. The maximum Gasteiger partial charge on any atom is 0.458 e. The average Bonchev–Trinajstić information content (AvgIpc) is 3.25. The van der Waals surface area contributed by atoms with Gasteiger partial charge in [-0.25, -0.2) is 9.78 Å². The van der Waals surface area contributed by atoms with E-state index in [-0.39, 0.29) is 5.69 Å². The van der Waals surface area contributed by atoms with Crippen molar-refractivity contribution in [3.05, 3.63) is 53.6 Å². The average molecular weight is 533 g/mol. The minimum atomic E-state index is -5.93. The SMILES string of the molecule is CC(C)(C)OC(=O)N1CCC[C@H]1COc1cc(NC(=O)c2cccnc2F)ccc1C(F)(F)C(F)(F)F. The highest BCUT2D eigenvalue weighted by Crippen LogP contribution is 2.47. The van der Waals surface area contributed by atoms with Gasteiger partial charge in [-0.05, 0) is 57.9 Å². The number of aromatic nitrogens is 1. The highest BCUT2D eigenvalue weighted by Gasteiger charge is 2.60. The van der Waals surface area contributed by atoms with E-state index in [0.717, 1.165) is 24.4 Å². The number of ether oxygens (including phenoxy) is 2. The third kappa shape index (κ3) is 6.63. The lowest BCUT2D eigenvalue weighted by Gasteiger charge is -2.29. The van der Waals surface area contributed by atoms with Crippen molar-refractivity contribution < 1.29 is 45.4 Å². The molecular weight excluding hydrogens is 508 g/mol. The first-order chi connectivity index (χ1) is 17.1. The smallest absolute Gasteiger partial charge is 0.458 e. The van der Waals surface area contributed by atoms with Crippen molar-refractivity contribution in [1.82, 2.24) is 9.88 Å². The number of likely N-dealkylation sites (tertiary alicyclic amines) is 1. The van der Waals surface area contributed by atoms with Crippen LogP contribution in [-0.4, -0.2) is 52.9 Å². The predicted octanol–water partition coefficient (Wildman–Crippen LogP) is 5.91. The van der Waals surface area contributed by atoms with Crippen molar-refractivity contribution in [2.24, 2.45) is 0 Å². The van der Waals surface area contributed by atoms with Gasteiger partial charge in [-0.2, -0.15) is 26.3 Å². The van der Waals surface area contributed by atoms with Gasteiger partial charge in [0, 0.05) is 24.5 Å². The summed E-state index contributed by atoms with van der Waals surface area (Å²) in [7, 11) is 0. The second kappa shape index (κ2) is 10.5. The minimum absolute atomic E-state index is 0.222. The molecule has 0 radical (unpaired) electrons. The molecular formula is C24H25F6N3O4. The molecule has 37 heavy (non-hydrogen) atoms. The zero-order chi connectivity index (χ0) is 27.6. The maximum absolute atomic E-state index is 14.3. The molecule has 1 aliphatic heterocycles. The summed E-state index contributed by atoms with van der Waals surface area (Å²) in [6, 6.07) is 3.83. The monoisotopic (exact) mass is 533 g/mol. The number of carbonyl (C=O) groups is 2. The number of pyridine rings is 1. The van der Waals surface area contributed by atoms with E-state index in [9.17, 15) is 35.9 Å². The number of halogens is 6. The molecule has 2 aromatic rings. The normalized spacial score (nSPS) is 16.5. The van der Waals surface area contributed by atoms with Gasteiger partial charge in [0.2, 0.25) is 5.95 Å². The Morgan fingerprint density at radius 1 is 1.14 bits per heavy atom. The Kier molecular flexibility index (Phi) is 7.94. The van der Waals surface area contributed by atoms with E-state index >= 15 is 0 Å². The predicted molar refractivity (Wildman–Crippen MR) is 120 cm³/mol. The van der Waals surface area contributed by atoms with Crippen molar-refractivity contribution in [2.75, 3.05) is 18.5 Å². The number of hydrogen-bond donors (Lipinski definition) is 1. The number of nitrogens with zero attached hydrogens (tertiary/aromatic N) is 2. The molecule has 3 rings (SSSR count). The third-order valence-corrected chi connectivity index (χ3v) is 5.37. The fourth-order valence-electron chi connectivity index (χ4n) is 3.64. The van der Waals surface area contributed by atoms with Crippen molar-refractivity contribution >= 4 is 17.7 Å². The van der Waals surface area contributed by atoms with Gasteiger partial charge < -0.3 is 19.7 Å². The summed E-state index contributed by atoms with van der Waals surface area (Å²) < 4.78 is 92.6. The lowest BCUT2D eigenvalue weighted by atomic mass is 10.1. The Labute approximate surface area is 208 Å². The number of hydrogen-bond acceptors (Lipinski definition) is 5. The summed E-state index contributed by atoms with van der Waals surface area (Å²) in [6.45, 7) is 4.87. The molecule has 1 saturated heterocycles. The number of anilines is 1. The van der Waals surface area contributed by atoms with Gasteiger partial charge >= 0.3 is 18.2 Å². The van der Waals surface area contributed by atoms with Crippen molar-refractivity contribution in [2.45, 2.75) is 57.4 Å². The van der Waals surface area contributed by atoms with Crippen LogP contribution in [0.5, 0.6) is 5.75 Å². The van der Waals surface area contributed by atoms with E-state index in [1.54, 1.807) is 20.8 Å². The quantitative estimate of drug-likeness (QED) is 0.369. The molecule has 0 aliphatic carbocycles. The van der Waals surface area contributed by atoms with E-state index in [4.69, 9.17) is 9.47 Å². The van der Waals surface area contributed by atoms with Crippen LogP contribution in [0.15, 0.2) is 36.5 Å². The molecule has 1 aromatic heterocycles. The van der Waals surface area contributed by atoms with Crippen LogP contribution in [0.25, 0.3) is 0 Å². The Bertz CT molecular complexity index is 1150. The molecule has 1 aliphatic rings. The first-order valence-corrected chi connectivity index (χ1v) is 11.2. The van der Waals surface area contributed by atoms with Crippen LogP contribution in [0.2, 0.25) is 0 Å². The number of nitrogens with one attached hydrogen (secondary N) is 1. The topological polar surface area (TPSA) is 80.8 Å². The number of rotatable bonds is 6. The maximum atomic E-state index is 14.3. The Morgan fingerprint density at radius 3 is 2.46 bits per heavy atom. The molecule has 0 unspecified atom stereocenters. The van der Waals surface area contributed by atoms with E-state index in [1.165, 1.54) is 11.0 Å². The van der Waals surface area contributed by atoms with Gasteiger partial charge in [0.05, 0.1) is 17.2 Å². The first kappa shape index (κ1) is 28.1. The highest BCUT2D eigenvalue weighted by atomic mass is 19.4. The van der Waals surface area contributed by atoms with Gasteiger partial charge in [-0.3, -0.25) is 4.79 Å². The summed E-state index contributed by atoms with van der Waals surface area (Å²) >= 11 is 0. The highest BCUT2D eigenvalue weighted by molar-refractivity contribution is 6.04. The van der Waals surface area contributed by atoms with Gasteiger partial charge in [0.1, 0.15) is 18.0 Å². The Morgan fingerprint density at radius 2 is 1.84 bits per heavy atom. The summed E-state index contributed by atoms with van der Waals surface area (Å²) in [5.41, 5.74) is -2.96. The molecule has 2 heterocycles. The standard InChI is InChI=1S/C24H25F6N3O4/c1-22(2,3)37-21(35)33-11-5-6-15(33)13-36-18-12-14(8-9-17(18)23(26,27)24(28,29)30)32-20(34)16-7-4-10-31-19(16)25/h4,7-10,12,15H,5-6,11,13H2,1-3H3,(H,32,34)/t15-/m0/s1. The largest absolute Gasteiger partial charge is 0.491 e. The van der Waals surface area contributed by atoms with Crippen LogP contribution in [-0.2, 0) is 10.7 Å². The van der Waals surface area contributed by atoms with E-state index in [0.29, 0.717) is 25.5 Å². The number of carbonyl (C=O) groups excluding carboxylic acids is 2. The van der Waals surface area contributed by atoms with Crippen LogP contribution < -0.4 is 10.1 Å². The fraction of sp³-hybridized carbons (Fsp3) is 0.458. The van der Waals surface area contributed by atoms with Crippen molar-refractivity contribution in [3.63, 3.8) is 0 Å². The van der Waals surface area contributed by atoms with Crippen molar-refractivity contribution in [3.8, 4) is 5.75 Å². The molecule has 1 N–H and O–H groups in total.